The van der Waals surface area contributed by atoms with E-state index < -0.39 is 0 Å². The molecule has 0 spiro atoms. The van der Waals surface area contributed by atoms with Gasteiger partial charge in [-0.1, -0.05) is 24.3 Å². The number of likely N-dealkylation sites (tertiary alicyclic amines) is 1. The summed E-state index contributed by atoms with van der Waals surface area (Å²) in [6, 6.07) is 10.9. The minimum atomic E-state index is -0.0668. The molecule has 1 aromatic heterocycles. The van der Waals surface area contributed by atoms with E-state index in [1.807, 2.05) is 41.6 Å². The lowest BCUT2D eigenvalue weighted by atomic mass is 9.92. The predicted molar refractivity (Wildman–Crippen MR) is 109 cm³/mol. The number of rotatable bonds is 6. The maximum absolute atomic E-state index is 13.0. The first-order chi connectivity index (χ1) is 12.2. The molecule has 0 bridgehead atoms. The van der Waals surface area contributed by atoms with Crippen LogP contribution in [0.15, 0.2) is 41.8 Å². The van der Waals surface area contributed by atoms with Crippen LogP contribution in [-0.2, 0) is 0 Å². The highest BCUT2D eigenvalue weighted by atomic mass is 35.5. The van der Waals surface area contributed by atoms with Crippen LogP contribution in [0.5, 0.6) is 0 Å². The number of nitrogens with zero attached hydrogens (tertiary/aromatic N) is 1. The van der Waals surface area contributed by atoms with Gasteiger partial charge < -0.3 is 10.2 Å². The van der Waals surface area contributed by atoms with E-state index in [1.165, 1.54) is 11.3 Å². The Hall–Kier alpha value is -1.69. The zero-order chi connectivity index (χ0) is 17.6. The first-order valence-corrected chi connectivity index (χ1v) is 9.69. The molecule has 0 unspecified atom stereocenters. The van der Waals surface area contributed by atoms with Crippen molar-refractivity contribution in [3.63, 3.8) is 0 Å². The van der Waals surface area contributed by atoms with Crippen molar-refractivity contribution in [3.05, 3.63) is 57.8 Å². The summed E-state index contributed by atoms with van der Waals surface area (Å²) in [5, 5.41) is 5.07. The SMILES string of the molecule is CNCCC1CCN(C(=O)c2ccccc2C(=O)c2cccs2)CC1.Cl. The molecule has 0 saturated carbocycles. The molecule has 140 valence electrons. The average Bonchev–Trinajstić information content (AvgIpc) is 3.20. The van der Waals surface area contributed by atoms with Gasteiger partial charge in [-0.3, -0.25) is 9.59 Å². The molecule has 26 heavy (non-hydrogen) atoms. The molecule has 2 aromatic rings. The Labute approximate surface area is 165 Å². The van der Waals surface area contributed by atoms with E-state index in [1.54, 1.807) is 12.1 Å². The minimum absolute atomic E-state index is 0. The Morgan fingerprint density at radius 2 is 1.81 bits per heavy atom. The van der Waals surface area contributed by atoms with E-state index in [2.05, 4.69) is 5.32 Å². The van der Waals surface area contributed by atoms with Gasteiger partial charge in [0.1, 0.15) is 0 Å². The Balaban J connectivity index is 0.00000243. The summed E-state index contributed by atoms with van der Waals surface area (Å²) in [7, 11) is 1.97. The van der Waals surface area contributed by atoms with Gasteiger partial charge in [-0.15, -0.1) is 23.7 Å². The van der Waals surface area contributed by atoms with Gasteiger partial charge >= 0.3 is 0 Å². The van der Waals surface area contributed by atoms with Crippen LogP contribution in [0.1, 0.15) is 44.9 Å². The van der Waals surface area contributed by atoms with E-state index in [4.69, 9.17) is 0 Å². The fraction of sp³-hybridized carbons (Fsp3) is 0.400. The van der Waals surface area contributed by atoms with Crippen LogP contribution in [0.25, 0.3) is 0 Å². The molecule has 0 radical (unpaired) electrons. The molecule has 1 saturated heterocycles. The summed E-state index contributed by atoms with van der Waals surface area (Å²) in [5.41, 5.74) is 1.03. The smallest absolute Gasteiger partial charge is 0.254 e. The number of hydrogen-bond donors (Lipinski definition) is 1. The highest BCUT2D eigenvalue weighted by Gasteiger charge is 2.26. The third kappa shape index (κ3) is 4.72. The molecule has 1 N–H and O–H groups in total. The molecule has 6 heteroatoms. The van der Waals surface area contributed by atoms with E-state index >= 15 is 0 Å². The van der Waals surface area contributed by atoms with Crippen molar-refractivity contribution < 1.29 is 9.59 Å². The van der Waals surface area contributed by atoms with E-state index in [0.29, 0.717) is 21.9 Å². The number of hydrogen-bond acceptors (Lipinski definition) is 4. The second-order valence-corrected chi connectivity index (χ2v) is 7.43. The number of thiophene rings is 1. The maximum atomic E-state index is 13.0. The largest absolute Gasteiger partial charge is 0.339 e. The number of carbonyl (C=O) groups is 2. The van der Waals surface area contributed by atoms with Crippen molar-refractivity contribution in [1.29, 1.82) is 0 Å². The first-order valence-electron chi connectivity index (χ1n) is 8.82. The molecule has 3 rings (SSSR count). The van der Waals surface area contributed by atoms with Crippen molar-refractivity contribution in [2.45, 2.75) is 19.3 Å². The van der Waals surface area contributed by atoms with Gasteiger partial charge in [-0.2, -0.15) is 0 Å². The Morgan fingerprint density at radius 1 is 1.12 bits per heavy atom. The summed E-state index contributed by atoms with van der Waals surface area (Å²) in [4.78, 5) is 28.3. The number of benzene rings is 1. The number of halogens is 1. The highest BCUT2D eigenvalue weighted by Crippen LogP contribution is 2.24. The van der Waals surface area contributed by atoms with Gasteiger partial charge in [-0.25, -0.2) is 0 Å². The van der Waals surface area contributed by atoms with Gasteiger partial charge in [-0.05, 0) is 56.3 Å². The lowest BCUT2D eigenvalue weighted by molar-refractivity contribution is 0.0683. The molecule has 1 aromatic carbocycles. The monoisotopic (exact) mass is 392 g/mol. The van der Waals surface area contributed by atoms with Gasteiger partial charge in [0, 0.05) is 18.7 Å². The third-order valence-corrected chi connectivity index (χ3v) is 5.72. The summed E-state index contributed by atoms with van der Waals surface area (Å²) >= 11 is 1.41. The van der Waals surface area contributed by atoms with Crippen LogP contribution in [0, 0.1) is 5.92 Å². The topological polar surface area (TPSA) is 49.4 Å². The number of ketones is 1. The molecule has 0 atom stereocenters. The Kier molecular flexibility index (Phi) is 7.82. The summed E-state index contributed by atoms with van der Waals surface area (Å²) < 4.78 is 0. The Morgan fingerprint density at radius 3 is 2.42 bits per heavy atom. The molecule has 4 nitrogen and oxygen atoms in total. The molecule has 1 aliphatic rings. The normalized spacial score (nSPS) is 14.7. The third-order valence-electron chi connectivity index (χ3n) is 4.85. The van der Waals surface area contributed by atoms with Crippen molar-refractivity contribution in [2.75, 3.05) is 26.7 Å². The molecular weight excluding hydrogens is 368 g/mol. The quantitative estimate of drug-likeness (QED) is 0.759. The average molecular weight is 393 g/mol. The number of amides is 1. The van der Waals surface area contributed by atoms with Crippen molar-refractivity contribution in [1.82, 2.24) is 10.2 Å². The van der Waals surface area contributed by atoms with Crippen LogP contribution in [-0.4, -0.2) is 43.3 Å². The van der Waals surface area contributed by atoms with E-state index in [9.17, 15) is 9.59 Å². The second kappa shape index (κ2) is 9.86. The van der Waals surface area contributed by atoms with Crippen molar-refractivity contribution in [2.24, 2.45) is 5.92 Å². The minimum Gasteiger partial charge on any atom is -0.339 e. The molecule has 1 amide bonds. The van der Waals surface area contributed by atoms with Gasteiger partial charge in [0.2, 0.25) is 5.78 Å². The number of carbonyl (C=O) groups excluding carboxylic acids is 2. The lowest BCUT2D eigenvalue weighted by Gasteiger charge is -2.32. The zero-order valence-electron chi connectivity index (χ0n) is 14.9. The van der Waals surface area contributed by atoms with Crippen LogP contribution in [0.3, 0.4) is 0 Å². The molecular formula is C20H25ClN2O2S. The predicted octanol–water partition coefficient (Wildman–Crippen LogP) is 3.86. The van der Waals surface area contributed by atoms with Crippen LogP contribution < -0.4 is 5.32 Å². The Bertz CT molecular complexity index is 725. The van der Waals surface area contributed by atoms with Crippen molar-refractivity contribution >= 4 is 35.4 Å². The molecule has 0 aliphatic carbocycles. The first kappa shape index (κ1) is 20.6. The number of piperidine rings is 1. The van der Waals surface area contributed by atoms with Crippen LogP contribution in [0.2, 0.25) is 0 Å². The summed E-state index contributed by atoms with van der Waals surface area (Å²) in [6.45, 7) is 2.57. The molecule has 1 aliphatic heterocycles. The van der Waals surface area contributed by atoms with Gasteiger partial charge in [0.15, 0.2) is 0 Å². The molecule has 1 fully saturated rings. The van der Waals surface area contributed by atoms with Crippen LogP contribution in [0.4, 0.5) is 0 Å². The second-order valence-electron chi connectivity index (χ2n) is 6.48. The van der Waals surface area contributed by atoms with E-state index in [-0.39, 0.29) is 24.1 Å². The van der Waals surface area contributed by atoms with Crippen LogP contribution >= 0.6 is 23.7 Å². The van der Waals surface area contributed by atoms with Crippen molar-refractivity contribution in [3.8, 4) is 0 Å². The molecule has 2 heterocycles. The lowest BCUT2D eigenvalue weighted by Crippen LogP contribution is -2.39. The standard InChI is InChI=1S/C20H24N2O2S.ClH/c1-21-11-8-15-9-12-22(13-10-15)20(24)17-6-3-2-5-16(17)19(23)18-7-4-14-25-18;/h2-7,14-15,21H,8-13H2,1H3;1H. The highest BCUT2D eigenvalue weighted by molar-refractivity contribution is 7.12. The van der Waals surface area contributed by atoms with E-state index in [0.717, 1.165) is 38.9 Å². The zero-order valence-corrected chi connectivity index (χ0v) is 16.6. The fourth-order valence-electron chi connectivity index (χ4n) is 3.35. The maximum Gasteiger partial charge on any atom is 0.254 e. The van der Waals surface area contributed by atoms with Gasteiger partial charge in [0.25, 0.3) is 5.91 Å². The summed E-state index contributed by atoms with van der Waals surface area (Å²) in [6.07, 6.45) is 3.23. The number of nitrogens with one attached hydrogen (secondary N) is 1. The summed E-state index contributed by atoms with van der Waals surface area (Å²) in [5.74, 6) is 0.593. The fourth-order valence-corrected chi connectivity index (χ4v) is 4.03. The van der Waals surface area contributed by atoms with Gasteiger partial charge in [0.05, 0.1) is 10.4 Å².